The van der Waals surface area contributed by atoms with Crippen LogP contribution in [0.2, 0.25) is 0 Å². The summed E-state index contributed by atoms with van der Waals surface area (Å²) < 4.78 is 12.0. The number of halogens is 1. The van der Waals surface area contributed by atoms with Crippen molar-refractivity contribution in [3.8, 4) is 5.75 Å². The molecule has 0 aromatic heterocycles. The number of Topliss-reactive ketones (excluding diaryl/α,β-unsaturated/α-hetero) is 1. The van der Waals surface area contributed by atoms with Crippen LogP contribution in [0.5, 0.6) is 5.75 Å². The summed E-state index contributed by atoms with van der Waals surface area (Å²) in [6.45, 7) is 9.12. The molecular weight excluding hydrogens is 524 g/mol. The van der Waals surface area contributed by atoms with Crippen LogP contribution in [-0.2, 0) is 14.3 Å². The predicted molar refractivity (Wildman–Crippen MR) is 142 cm³/mol. The van der Waals surface area contributed by atoms with Crippen molar-refractivity contribution >= 4 is 33.4 Å². The van der Waals surface area contributed by atoms with Crippen LogP contribution in [0.25, 0.3) is 5.76 Å². The molecule has 2 aromatic rings. The zero-order valence-corrected chi connectivity index (χ0v) is 22.4. The Morgan fingerprint density at radius 1 is 1.11 bits per heavy atom. The first-order chi connectivity index (χ1) is 17.3. The molecule has 0 bridgehead atoms. The van der Waals surface area contributed by atoms with Crippen molar-refractivity contribution in [2.24, 2.45) is 5.92 Å². The Labute approximate surface area is 220 Å². The van der Waals surface area contributed by atoms with E-state index in [4.69, 9.17) is 9.47 Å². The lowest BCUT2D eigenvalue weighted by Gasteiger charge is -2.29. The van der Waals surface area contributed by atoms with E-state index in [1.807, 2.05) is 24.3 Å². The highest BCUT2D eigenvalue weighted by atomic mass is 79.9. The van der Waals surface area contributed by atoms with Gasteiger partial charge in [0.15, 0.2) is 0 Å². The molecule has 2 aliphatic heterocycles. The molecule has 8 heteroatoms. The molecule has 7 nitrogen and oxygen atoms in total. The van der Waals surface area contributed by atoms with Gasteiger partial charge in [-0.15, -0.1) is 0 Å². The van der Waals surface area contributed by atoms with Gasteiger partial charge in [-0.05, 0) is 54.3 Å². The van der Waals surface area contributed by atoms with E-state index in [1.54, 1.807) is 29.2 Å². The summed E-state index contributed by atoms with van der Waals surface area (Å²) in [4.78, 5) is 30.3. The first-order valence-electron chi connectivity index (χ1n) is 12.4. The number of rotatable bonds is 9. The van der Waals surface area contributed by atoms with Crippen LogP contribution in [0.3, 0.4) is 0 Å². The van der Waals surface area contributed by atoms with Crippen molar-refractivity contribution in [2.75, 3.05) is 46.0 Å². The first kappa shape index (κ1) is 26.4. The van der Waals surface area contributed by atoms with Crippen molar-refractivity contribution in [3.63, 3.8) is 0 Å². The maximum Gasteiger partial charge on any atom is 0.295 e. The Morgan fingerprint density at radius 3 is 2.50 bits per heavy atom. The molecule has 2 heterocycles. The third-order valence-electron chi connectivity index (χ3n) is 6.39. The Morgan fingerprint density at radius 2 is 1.83 bits per heavy atom. The number of ketones is 1. The number of carbonyl (C=O) groups excluding carboxylic acids is 2. The van der Waals surface area contributed by atoms with Crippen molar-refractivity contribution in [3.05, 3.63) is 69.7 Å². The van der Waals surface area contributed by atoms with Gasteiger partial charge in [-0.2, -0.15) is 0 Å². The van der Waals surface area contributed by atoms with Gasteiger partial charge in [0.2, 0.25) is 0 Å². The number of morpholine rings is 1. The van der Waals surface area contributed by atoms with Gasteiger partial charge in [-0.3, -0.25) is 14.5 Å². The molecule has 4 rings (SSSR count). The lowest BCUT2D eigenvalue weighted by molar-refractivity contribution is -0.140. The molecule has 1 N–H and O–H groups in total. The van der Waals surface area contributed by atoms with E-state index in [2.05, 4.69) is 34.7 Å². The quantitative estimate of drug-likeness (QED) is 0.275. The second kappa shape index (κ2) is 12.0. The van der Waals surface area contributed by atoms with Crippen LogP contribution in [0.1, 0.15) is 37.4 Å². The SMILES string of the molecule is CC(C)COc1ccc(/C(O)=C2\C(=O)C(=O)N(CCCN3CCOCC3)C2c2cccc(Br)c2)cc1. The summed E-state index contributed by atoms with van der Waals surface area (Å²) in [7, 11) is 0. The van der Waals surface area contributed by atoms with Crippen LogP contribution < -0.4 is 4.74 Å². The summed E-state index contributed by atoms with van der Waals surface area (Å²) >= 11 is 3.50. The van der Waals surface area contributed by atoms with E-state index in [1.165, 1.54) is 0 Å². The van der Waals surface area contributed by atoms with E-state index in [0.29, 0.717) is 43.6 Å². The number of nitrogens with zero attached hydrogens (tertiary/aromatic N) is 2. The number of carbonyl (C=O) groups is 2. The number of ether oxygens (including phenoxy) is 2. The Kier molecular flexibility index (Phi) is 8.82. The molecule has 2 saturated heterocycles. The van der Waals surface area contributed by atoms with Crippen LogP contribution in [0, 0.1) is 5.92 Å². The Hall–Kier alpha value is -2.68. The predicted octanol–water partition coefficient (Wildman–Crippen LogP) is 4.63. The van der Waals surface area contributed by atoms with Gasteiger partial charge < -0.3 is 19.5 Å². The summed E-state index contributed by atoms with van der Waals surface area (Å²) in [5.41, 5.74) is 1.35. The van der Waals surface area contributed by atoms with Gasteiger partial charge in [0.25, 0.3) is 11.7 Å². The standard InChI is InChI=1S/C28H33BrN2O5/c1-19(2)18-36-23-9-7-20(8-10-23)26(32)24-25(21-5-3-6-22(29)17-21)31(28(34)27(24)33)12-4-11-30-13-15-35-16-14-30/h3,5-10,17,19,25,32H,4,11-16,18H2,1-2H3/b26-24+. The maximum absolute atomic E-state index is 13.2. The molecule has 2 aliphatic rings. The zero-order valence-electron chi connectivity index (χ0n) is 20.8. The second-order valence-corrected chi connectivity index (χ2v) is 10.5. The average molecular weight is 557 g/mol. The molecule has 192 valence electrons. The molecule has 2 fully saturated rings. The van der Waals surface area contributed by atoms with Crippen molar-refractivity contribution in [2.45, 2.75) is 26.3 Å². The molecular formula is C28H33BrN2O5. The lowest BCUT2D eigenvalue weighted by Crippen LogP contribution is -2.38. The molecule has 0 radical (unpaired) electrons. The number of aliphatic hydroxyl groups excluding tert-OH is 1. The van der Waals surface area contributed by atoms with Crippen molar-refractivity contribution < 1.29 is 24.2 Å². The number of aliphatic hydroxyl groups is 1. The van der Waals surface area contributed by atoms with Crippen molar-refractivity contribution in [1.29, 1.82) is 0 Å². The molecule has 0 spiro atoms. The smallest absolute Gasteiger partial charge is 0.295 e. The van der Waals surface area contributed by atoms with E-state index < -0.39 is 17.7 Å². The number of hydrogen-bond acceptors (Lipinski definition) is 6. The molecule has 2 aromatic carbocycles. The summed E-state index contributed by atoms with van der Waals surface area (Å²) in [5.74, 6) is -0.344. The average Bonchev–Trinajstić information content (AvgIpc) is 3.13. The maximum atomic E-state index is 13.2. The van der Waals surface area contributed by atoms with Crippen LogP contribution in [0.4, 0.5) is 0 Å². The van der Waals surface area contributed by atoms with Gasteiger partial charge >= 0.3 is 0 Å². The Bertz CT molecular complexity index is 1110. The molecule has 1 amide bonds. The van der Waals surface area contributed by atoms with E-state index in [-0.39, 0.29) is 11.3 Å². The second-order valence-electron chi connectivity index (χ2n) is 9.58. The number of benzene rings is 2. The van der Waals surface area contributed by atoms with Gasteiger partial charge in [0.05, 0.1) is 31.4 Å². The molecule has 1 unspecified atom stereocenters. The third kappa shape index (κ3) is 6.17. The fourth-order valence-corrected chi connectivity index (χ4v) is 4.97. The molecule has 1 atom stereocenters. The van der Waals surface area contributed by atoms with E-state index in [0.717, 1.165) is 36.1 Å². The van der Waals surface area contributed by atoms with Gasteiger partial charge in [0, 0.05) is 36.2 Å². The molecule has 0 saturated carbocycles. The van der Waals surface area contributed by atoms with Crippen molar-refractivity contribution in [1.82, 2.24) is 9.80 Å². The lowest BCUT2D eigenvalue weighted by atomic mass is 9.95. The highest BCUT2D eigenvalue weighted by molar-refractivity contribution is 9.10. The minimum Gasteiger partial charge on any atom is -0.507 e. The van der Waals surface area contributed by atoms with Crippen LogP contribution in [0.15, 0.2) is 58.6 Å². The molecule has 0 aliphatic carbocycles. The van der Waals surface area contributed by atoms with E-state index in [9.17, 15) is 14.7 Å². The van der Waals surface area contributed by atoms with Crippen LogP contribution in [-0.4, -0.2) is 72.6 Å². The van der Waals surface area contributed by atoms with Gasteiger partial charge in [-0.25, -0.2) is 0 Å². The molecule has 36 heavy (non-hydrogen) atoms. The topological polar surface area (TPSA) is 79.3 Å². The number of amides is 1. The summed E-state index contributed by atoms with van der Waals surface area (Å²) in [6, 6.07) is 13.8. The minimum absolute atomic E-state index is 0.111. The highest BCUT2D eigenvalue weighted by Crippen LogP contribution is 2.40. The fraction of sp³-hybridized carbons (Fsp3) is 0.429. The largest absolute Gasteiger partial charge is 0.507 e. The third-order valence-corrected chi connectivity index (χ3v) is 6.89. The zero-order chi connectivity index (χ0) is 25.7. The monoisotopic (exact) mass is 556 g/mol. The van der Waals surface area contributed by atoms with E-state index >= 15 is 0 Å². The number of likely N-dealkylation sites (tertiary alicyclic amines) is 1. The number of hydrogen-bond donors (Lipinski definition) is 1. The first-order valence-corrected chi connectivity index (χ1v) is 13.2. The fourth-order valence-electron chi connectivity index (χ4n) is 4.55. The highest BCUT2D eigenvalue weighted by Gasteiger charge is 2.45. The minimum atomic E-state index is -0.663. The van der Waals surface area contributed by atoms with Gasteiger partial charge in [0.1, 0.15) is 11.5 Å². The summed E-state index contributed by atoms with van der Waals surface area (Å²) in [5, 5.41) is 11.3. The van der Waals surface area contributed by atoms with Gasteiger partial charge in [-0.1, -0.05) is 41.9 Å². The van der Waals surface area contributed by atoms with Crippen LogP contribution >= 0.6 is 15.9 Å². The normalized spacial score (nSPS) is 20.3. The Balaban J connectivity index is 1.62. The summed E-state index contributed by atoms with van der Waals surface area (Å²) in [6.07, 6.45) is 0.722.